The minimum absolute atomic E-state index is 0.166. The number of nitro benzene ring substituents is 1. The first-order chi connectivity index (χ1) is 15.3. The summed E-state index contributed by atoms with van der Waals surface area (Å²) in [4.78, 5) is 36.4. The van der Waals surface area contributed by atoms with Crippen LogP contribution in [0.4, 0.5) is 5.69 Å². The molecule has 0 saturated heterocycles. The van der Waals surface area contributed by atoms with Crippen molar-refractivity contribution in [3.05, 3.63) is 96.4 Å². The van der Waals surface area contributed by atoms with Crippen LogP contribution >= 0.6 is 15.9 Å². The highest BCUT2D eigenvalue weighted by atomic mass is 79.9. The van der Waals surface area contributed by atoms with Gasteiger partial charge in [0.25, 0.3) is 11.6 Å². The standard InChI is InChI=1S/C23H21BrN4O4/c1-15-12-20(29)21(26-27(15)18-8-2-3-9-19(18)28(31)32)22(30)25-14-23(10-5-11-23)16-6-4-7-17(24)13-16/h2-4,6-9,12-13H,5,10-11,14H2,1H3,(H,25,30). The molecule has 1 fully saturated rings. The highest BCUT2D eigenvalue weighted by Gasteiger charge is 2.39. The van der Waals surface area contributed by atoms with Crippen LogP contribution in [0.1, 0.15) is 41.0 Å². The van der Waals surface area contributed by atoms with E-state index in [0.717, 1.165) is 29.3 Å². The molecule has 3 aromatic rings. The molecule has 1 aromatic heterocycles. The number of para-hydroxylation sites is 2. The van der Waals surface area contributed by atoms with Gasteiger partial charge in [-0.25, -0.2) is 4.68 Å². The Balaban J connectivity index is 1.63. The van der Waals surface area contributed by atoms with E-state index in [4.69, 9.17) is 0 Å². The van der Waals surface area contributed by atoms with E-state index in [1.165, 1.54) is 22.9 Å². The van der Waals surface area contributed by atoms with Gasteiger partial charge >= 0.3 is 0 Å². The first-order valence-corrected chi connectivity index (χ1v) is 11.0. The van der Waals surface area contributed by atoms with Crippen LogP contribution < -0.4 is 10.7 Å². The molecule has 0 unspecified atom stereocenters. The van der Waals surface area contributed by atoms with Crippen LogP contribution in [-0.4, -0.2) is 27.2 Å². The average Bonchev–Trinajstić information content (AvgIpc) is 2.73. The molecule has 9 heteroatoms. The molecule has 1 amide bonds. The maximum absolute atomic E-state index is 12.9. The van der Waals surface area contributed by atoms with E-state index in [1.54, 1.807) is 19.1 Å². The molecule has 8 nitrogen and oxygen atoms in total. The van der Waals surface area contributed by atoms with Crippen LogP contribution in [0.5, 0.6) is 0 Å². The van der Waals surface area contributed by atoms with Crippen LogP contribution in [0, 0.1) is 17.0 Å². The van der Waals surface area contributed by atoms with Gasteiger partial charge in [0.05, 0.1) is 4.92 Å². The number of hydrogen-bond acceptors (Lipinski definition) is 5. The normalized spacial score (nSPS) is 14.4. The third-order valence-electron chi connectivity index (χ3n) is 5.96. The molecule has 2 aromatic carbocycles. The minimum atomic E-state index is -0.594. The van der Waals surface area contributed by atoms with E-state index in [2.05, 4.69) is 32.4 Å². The Kier molecular flexibility index (Phi) is 5.92. The number of carbonyl (C=O) groups is 1. The molecule has 32 heavy (non-hydrogen) atoms. The lowest BCUT2D eigenvalue weighted by Gasteiger charge is -2.42. The number of amides is 1. The van der Waals surface area contributed by atoms with E-state index < -0.39 is 16.3 Å². The number of benzene rings is 2. The lowest BCUT2D eigenvalue weighted by Crippen LogP contribution is -2.46. The SMILES string of the molecule is Cc1cc(=O)c(C(=O)NCC2(c3cccc(Br)c3)CCC2)nn1-c1ccccc1[N+](=O)[O-]. The summed E-state index contributed by atoms with van der Waals surface area (Å²) in [7, 11) is 0. The summed E-state index contributed by atoms with van der Waals surface area (Å²) in [5, 5.41) is 18.5. The summed E-state index contributed by atoms with van der Waals surface area (Å²) >= 11 is 3.50. The van der Waals surface area contributed by atoms with Crippen molar-refractivity contribution < 1.29 is 9.72 Å². The molecule has 1 aliphatic rings. The second-order valence-electron chi connectivity index (χ2n) is 7.98. The number of halogens is 1. The molecule has 164 valence electrons. The van der Waals surface area contributed by atoms with Crippen LogP contribution in [-0.2, 0) is 5.41 Å². The molecule has 1 heterocycles. The Morgan fingerprint density at radius 3 is 2.62 bits per heavy atom. The number of carbonyl (C=O) groups excluding carboxylic acids is 1. The third kappa shape index (κ3) is 4.08. The minimum Gasteiger partial charge on any atom is -0.350 e. The number of aromatic nitrogens is 2. The van der Waals surface area contributed by atoms with Crippen molar-refractivity contribution in [1.29, 1.82) is 0 Å². The topological polar surface area (TPSA) is 107 Å². The zero-order valence-electron chi connectivity index (χ0n) is 17.4. The fourth-order valence-electron chi connectivity index (χ4n) is 4.07. The van der Waals surface area contributed by atoms with E-state index in [9.17, 15) is 19.7 Å². The summed E-state index contributed by atoms with van der Waals surface area (Å²) in [5.41, 5.74) is 0.548. The van der Waals surface area contributed by atoms with Gasteiger partial charge in [0.1, 0.15) is 5.69 Å². The first-order valence-electron chi connectivity index (χ1n) is 10.2. The van der Waals surface area contributed by atoms with Gasteiger partial charge in [-0.05, 0) is 43.5 Å². The fraction of sp³-hybridized carbons (Fsp3) is 0.261. The van der Waals surface area contributed by atoms with Crippen LogP contribution in [0.15, 0.2) is 63.9 Å². The van der Waals surface area contributed by atoms with Crippen LogP contribution in [0.3, 0.4) is 0 Å². The predicted octanol–water partition coefficient (Wildman–Crippen LogP) is 4.06. The van der Waals surface area contributed by atoms with Gasteiger partial charge in [-0.1, -0.05) is 46.6 Å². The van der Waals surface area contributed by atoms with Gasteiger partial charge in [0.2, 0.25) is 5.43 Å². The first kappa shape index (κ1) is 21.9. The van der Waals surface area contributed by atoms with Gasteiger partial charge in [0.15, 0.2) is 5.69 Å². The van der Waals surface area contributed by atoms with E-state index in [1.807, 2.05) is 18.2 Å². The quantitative estimate of drug-likeness (QED) is 0.408. The van der Waals surface area contributed by atoms with Crippen molar-refractivity contribution in [2.75, 3.05) is 6.54 Å². The molecule has 0 spiro atoms. The Morgan fingerprint density at radius 2 is 1.97 bits per heavy atom. The average molecular weight is 497 g/mol. The number of aryl methyl sites for hydroxylation is 1. The second kappa shape index (κ2) is 8.66. The molecule has 4 rings (SSSR count). The highest BCUT2D eigenvalue weighted by molar-refractivity contribution is 9.10. The van der Waals surface area contributed by atoms with Crippen molar-refractivity contribution in [2.24, 2.45) is 0 Å². The van der Waals surface area contributed by atoms with Crippen molar-refractivity contribution in [3.8, 4) is 5.69 Å². The number of nitro groups is 1. The number of nitrogens with zero attached hydrogens (tertiary/aromatic N) is 3. The monoisotopic (exact) mass is 496 g/mol. The molecule has 1 aliphatic carbocycles. The summed E-state index contributed by atoms with van der Waals surface area (Å²) in [5.74, 6) is -0.594. The lowest BCUT2D eigenvalue weighted by atomic mass is 9.64. The van der Waals surface area contributed by atoms with Crippen molar-refractivity contribution in [3.63, 3.8) is 0 Å². The molecule has 0 aliphatic heterocycles. The third-order valence-corrected chi connectivity index (χ3v) is 6.46. The Morgan fingerprint density at radius 1 is 1.22 bits per heavy atom. The summed E-state index contributed by atoms with van der Waals surface area (Å²) < 4.78 is 2.24. The number of rotatable bonds is 6. The molecule has 1 N–H and O–H groups in total. The maximum Gasteiger partial charge on any atom is 0.294 e. The van der Waals surface area contributed by atoms with Gasteiger partial charge in [0, 0.05) is 34.3 Å². The second-order valence-corrected chi connectivity index (χ2v) is 8.90. The highest BCUT2D eigenvalue weighted by Crippen LogP contribution is 2.43. The fourth-order valence-corrected chi connectivity index (χ4v) is 4.47. The van der Waals surface area contributed by atoms with Gasteiger partial charge in [-0.15, -0.1) is 0 Å². The van der Waals surface area contributed by atoms with E-state index >= 15 is 0 Å². The van der Waals surface area contributed by atoms with E-state index in [-0.39, 0.29) is 22.5 Å². The Bertz CT molecular complexity index is 1270. The summed E-state index contributed by atoms with van der Waals surface area (Å²) in [6.45, 7) is 1.99. The van der Waals surface area contributed by atoms with Crippen LogP contribution in [0.2, 0.25) is 0 Å². The van der Waals surface area contributed by atoms with E-state index in [0.29, 0.717) is 12.2 Å². The summed E-state index contributed by atoms with van der Waals surface area (Å²) in [6.07, 6.45) is 2.94. The Labute approximate surface area is 192 Å². The van der Waals surface area contributed by atoms with Crippen molar-refractivity contribution >= 4 is 27.5 Å². The largest absolute Gasteiger partial charge is 0.350 e. The molecular weight excluding hydrogens is 476 g/mol. The van der Waals surface area contributed by atoms with Crippen molar-refractivity contribution in [2.45, 2.75) is 31.6 Å². The number of hydrogen-bond donors (Lipinski definition) is 1. The smallest absolute Gasteiger partial charge is 0.294 e. The van der Waals surface area contributed by atoms with Gasteiger partial charge < -0.3 is 5.32 Å². The molecule has 0 atom stereocenters. The zero-order chi connectivity index (χ0) is 22.9. The predicted molar refractivity (Wildman–Crippen MR) is 123 cm³/mol. The summed E-state index contributed by atoms with van der Waals surface area (Å²) in [6, 6.07) is 15.4. The zero-order valence-corrected chi connectivity index (χ0v) is 19.0. The maximum atomic E-state index is 12.9. The molecule has 1 saturated carbocycles. The molecular formula is C23H21BrN4O4. The van der Waals surface area contributed by atoms with Crippen LogP contribution in [0.25, 0.3) is 5.69 Å². The van der Waals surface area contributed by atoms with Crippen molar-refractivity contribution in [1.82, 2.24) is 15.1 Å². The molecule has 0 radical (unpaired) electrons. The lowest BCUT2D eigenvalue weighted by molar-refractivity contribution is -0.384. The number of nitrogens with one attached hydrogen (secondary N) is 1. The van der Waals surface area contributed by atoms with Gasteiger partial charge in [-0.2, -0.15) is 5.10 Å². The Hall–Kier alpha value is -3.33. The van der Waals surface area contributed by atoms with Gasteiger partial charge in [-0.3, -0.25) is 19.7 Å². The molecule has 0 bridgehead atoms.